The number of thiazole rings is 1. The molecule has 2 aliphatic rings. The number of piperidine rings is 1. The fraction of sp³-hybridized carbons (Fsp3) is 0.545. The van der Waals surface area contributed by atoms with Crippen LogP contribution in [0.1, 0.15) is 59.9 Å². The number of aryl methyl sites for hydroxylation is 1. The lowest BCUT2D eigenvalue weighted by Crippen LogP contribution is -2.38. The number of carbonyl (C=O) groups is 1. The van der Waals surface area contributed by atoms with Crippen molar-refractivity contribution in [3.05, 3.63) is 51.5 Å². The lowest BCUT2D eigenvalue weighted by molar-refractivity contribution is -0.127. The minimum Gasteiger partial charge on any atom is -0.350 e. The minimum atomic E-state index is -3.30. The lowest BCUT2D eigenvalue weighted by atomic mass is 9.85. The zero-order valence-corrected chi connectivity index (χ0v) is 19.0. The molecule has 1 aliphatic heterocycles. The van der Waals surface area contributed by atoms with E-state index in [4.69, 9.17) is 4.98 Å². The molecule has 1 aromatic carbocycles. The molecular formula is C22H29N3O3S2. The average molecular weight is 448 g/mol. The number of aromatic nitrogens is 1. The Morgan fingerprint density at radius 2 is 1.87 bits per heavy atom. The van der Waals surface area contributed by atoms with Crippen LogP contribution in [-0.4, -0.2) is 36.7 Å². The summed E-state index contributed by atoms with van der Waals surface area (Å²) in [6, 6.07) is 7.68. The van der Waals surface area contributed by atoms with Crippen molar-refractivity contribution >= 4 is 27.3 Å². The van der Waals surface area contributed by atoms with E-state index in [0.29, 0.717) is 19.6 Å². The van der Waals surface area contributed by atoms with Crippen LogP contribution in [0, 0.1) is 12.8 Å². The molecule has 0 unspecified atom stereocenters. The third-order valence-electron chi connectivity index (χ3n) is 6.16. The number of benzene rings is 1. The highest BCUT2D eigenvalue weighted by molar-refractivity contribution is 7.88. The molecular weight excluding hydrogens is 418 g/mol. The van der Waals surface area contributed by atoms with Gasteiger partial charge in [-0.15, -0.1) is 11.3 Å². The quantitative estimate of drug-likeness (QED) is 0.704. The van der Waals surface area contributed by atoms with Crippen LogP contribution < -0.4 is 5.32 Å². The topological polar surface area (TPSA) is 79.4 Å². The SMILES string of the molecule is Cc1ccc(CS(=O)(=O)N2CCC(c3nc(CNC(=O)C4CCC4)cs3)CC2)cc1. The van der Waals surface area contributed by atoms with Crippen LogP contribution in [0.4, 0.5) is 0 Å². The molecule has 2 heterocycles. The van der Waals surface area contributed by atoms with Gasteiger partial charge in [0.1, 0.15) is 0 Å². The van der Waals surface area contributed by atoms with Crippen molar-refractivity contribution in [3.63, 3.8) is 0 Å². The van der Waals surface area contributed by atoms with Gasteiger partial charge in [-0.1, -0.05) is 36.2 Å². The summed E-state index contributed by atoms with van der Waals surface area (Å²) >= 11 is 1.62. The highest BCUT2D eigenvalue weighted by Crippen LogP contribution is 2.32. The summed E-state index contributed by atoms with van der Waals surface area (Å²) < 4.78 is 27.2. The largest absolute Gasteiger partial charge is 0.350 e. The molecule has 1 N–H and O–H groups in total. The van der Waals surface area contributed by atoms with Gasteiger partial charge >= 0.3 is 0 Å². The van der Waals surface area contributed by atoms with E-state index in [1.165, 1.54) is 0 Å². The maximum Gasteiger partial charge on any atom is 0.223 e. The van der Waals surface area contributed by atoms with Gasteiger partial charge in [-0.05, 0) is 38.2 Å². The predicted molar refractivity (Wildman–Crippen MR) is 119 cm³/mol. The highest BCUT2D eigenvalue weighted by Gasteiger charge is 2.30. The van der Waals surface area contributed by atoms with E-state index in [1.54, 1.807) is 15.6 Å². The zero-order chi connectivity index (χ0) is 21.1. The van der Waals surface area contributed by atoms with Gasteiger partial charge in [0.2, 0.25) is 15.9 Å². The van der Waals surface area contributed by atoms with Crippen LogP contribution in [0.15, 0.2) is 29.6 Å². The Hall–Kier alpha value is -1.77. The molecule has 162 valence electrons. The minimum absolute atomic E-state index is 0.0556. The molecule has 2 fully saturated rings. The summed E-state index contributed by atoms with van der Waals surface area (Å²) in [5, 5.41) is 6.05. The Bertz CT molecular complexity index is 973. The molecule has 0 radical (unpaired) electrons. The second-order valence-corrected chi connectivity index (χ2v) is 11.3. The van der Waals surface area contributed by atoms with E-state index >= 15 is 0 Å². The Morgan fingerprint density at radius 1 is 1.17 bits per heavy atom. The van der Waals surface area contributed by atoms with Crippen LogP contribution >= 0.6 is 11.3 Å². The molecule has 1 amide bonds. The van der Waals surface area contributed by atoms with Gasteiger partial charge in [0.05, 0.1) is 23.0 Å². The first kappa shape index (κ1) is 21.5. The monoisotopic (exact) mass is 447 g/mol. The van der Waals surface area contributed by atoms with Gasteiger partial charge in [-0.25, -0.2) is 17.7 Å². The molecule has 4 rings (SSSR count). The molecule has 6 nitrogen and oxygen atoms in total. The third kappa shape index (κ3) is 5.10. The molecule has 1 saturated heterocycles. The van der Waals surface area contributed by atoms with Crippen LogP contribution in [0.25, 0.3) is 0 Å². The number of rotatable bonds is 7. The lowest BCUT2D eigenvalue weighted by Gasteiger charge is -2.30. The molecule has 1 aromatic heterocycles. The molecule has 0 atom stereocenters. The third-order valence-corrected chi connectivity index (χ3v) is 9.06. The molecule has 1 saturated carbocycles. The average Bonchev–Trinajstić information content (AvgIpc) is 3.16. The first-order valence-corrected chi connectivity index (χ1v) is 13.1. The van der Waals surface area contributed by atoms with Crippen molar-refractivity contribution in [3.8, 4) is 0 Å². The number of hydrogen-bond donors (Lipinski definition) is 1. The van der Waals surface area contributed by atoms with Crippen molar-refractivity contribution < 1.29 is 13.2 Å². The van der Waals surface area contributed by atoms with Crippen molar-refractivity contribution in [1.82, 2.24) is 14.6 Å². The van der Waals surface area contributed by atoms with Crippen molar-refractivity contribution in [2.75, 3.05) is 13.1 Å². The summed E-state index contributed by atoms with van der Waals surface area (Å²) in [5.74, 6) is 0.675. The second kappa shape index (κ2) is 9.16. The number of nitrogens with zero attached hydrogens (tertiary/aromatic N) is 2. The maximum atomic E-state index is 12.8. The number of carbonyl (C=O) groups excluding carboxylic acids is 1. The summed E-state index contributed by atoms with van der Waals surface area (Å²) in [4.78, 5) is 16.7. The smallest absolute Gasteiger partial charge is 0.223 e. The van der Waals surface area contributed by atoms with E-state index in [0.717, 1.165) is 53.9 Å². The number of hydrogen-bond acceptors (Lipinski definition) is 5. The van der Waals surface area contributed by atoms with Crippen LogP contribution in [0.3, 0.4) is 0 Å². The fourth-order valence-electron chi connectivity index (χ4n) is 3.95. The number of nitrogens with one attached hydrogen (secondary N) is 1. The van der Waals surface area contributed by atoms with Gasteiger partial charge in [0, 0.05) is 30.3 Å². The first-order chi connectivity index (χ1) is 14.4. The molecule has 0 spiro atoms. The summed E-state index contributed by atoms with van der Waals surface area (Å²) in [6.45, 7) is 3.55. The normalized spacial score (nSPS) is 18.8. The van der Waals surface area contributed by atoms with E-state index in [-0.39, 0.29) is 23.5 Å². The van der Waals surface area contributed by atoms with Crippen LogP contribution in [-0.2, 0) is 27.1 Å². The van der Waals surface area contributed by atoms with Crippen LogP contribution in [0.5, 0.6) is 0 Å². The standard InChI is InChI=1S/C22H29N3O3S2/c1-16-5-7-17(8-6-16)15-30(27,28)25-11-9-19(10-12-25)22-24-20(14-29-22)13-23-21(26)18-3-2-4-18/h5-8,14,18-19H,2-4,9-13,15H2,1H3,(H,23,26). The highest BCUT2D eigenvalue weighted by atomic mass is 32.2. The van der Waals surface area contributed by atoms with E-state index < -0.39 is 10.0 Å². The molecule has 0 bridgehead atoms. The van der Waals surface area contributed by atoms with Gasteiger partial charge in [-0.3, -0.25) is 4.79 Å². The van der Waals surface area contributed by atoms with Gasteiger partial charge in [-0.2, -0.15) is 0 Å². The Labute approximate surface area is 182 Å². The predicted octanol–water partition coefficient (Wildman–Crippen LogP) is 3.58. The van der Waals surface area contributed by atoms with Gasteiger partial charge in [0.25, 0.3) is 0 Å². The Kier molecular flexibility index (Phi) is 6.55. The number of amides is 1. The molecule has 2 aromatic rings. The van der Waals surface area contributed by atoms with Gasteiger partial charge in [0.15, 0.2) is 0 Å². The van der Waals surface area contributed by atoms with E-state index in [9.17, 15) is 13.2 Å². The van der Waals surface area contributed by atoms with Gasteiger partial charge < -0.3 is 5.32 Å². The Balaban J connectivity index is 1.28. The van der Waals surface area contributed by atoms with E-state index in [2.05, 4.69) is 5.32 Å². The second-order valence-electron chi connectivity index (χ2n) is 8.44. The zero-order valence-electron chi connectivity index (χ0n) is 17.3. The van der Waals surface area contributed by atoms with Crippen molar-refractivity contribution in [2.24, 2.45) is 5.92 Å². The summed E-state index contributed by atoms with van der Waals surface area (Å²) in [7, 11) is -3.30. The molecule has 30 heavy (non-hydrogen) atoms. The maximum absolute atomic E-state index is 12.8. The molecule has 1 aliphatic carbocycles. The first-order valence-electron chi connectivity index (χ1n) is 10.7. The summed E-state index contributed by atoms with van der Waals surface area (Å²) in [5.41, 5.74) is 2.86. The van der Waals surface area contributed by atoms with Crippen LogP contribution in [0.2, 0.25) is 0 Å². The molecule has 8 heteroatoms. The Morgan fingerprint density at radius 3 is 2.50 bits per heavy atom. The fourth-order valence-corrected chi connectivity index (χ4v) is 6.51. The number of sulfonamides is 1. The van der Waals surface area contributed by atoms with Crippen molar-refractivity contribution in [2.45, 2.75) is 57.2 Å². The summed E-state index contributed by atoms with van der Waals surface area (Å²) in [6.07, 6.45) is 4.72. The van der Waals surface area contributed by atoms with Crippen molar-refractivity contribution in [1.29, 1.82) is 0 Å². The van der Waals surface area contributed by atoms with E-state index in [1.807, 2.05) is 36.6 Å².